The second kappa shape index (κ2) is 5.90. The van der Waals surface area contributed by atoms with Gasteiger partial charge in [-0.15, -0.1) is 0 Å². The van der Waals surface area contributed by atoms with Crippen LogP contribution in [0.15, 0.2) is 59.8 Å². The second-order valence-electron chi connectivity index (χ2n) is 7.11. The number of esters is 1. The molecule has 0 aromatic heterocycles. The Balaban J connectivity index is 2.23. The van der Waals surface area contributed by atoms with Crippen molar-refractivity contribution in [1.29, 1.82) is 0 Å². The molecule has 0 fully saturated rings. The Bertz CT molecular complexity index is 804. The highest BCUT2D eigenvalue weighted by Crippen LogP contribution is 2.63. The topological polar surface area (TPSA) is 26.3 Å². The summed E-state index contributed by atoms with van der Waals surface area (Å²) in [6.07, 6.45) is 0. The maximum atomic E-state index is 12.9. The van der Waals surface area contributed by atoms with Crippen molar-refractivity contribution in [2.75, 3.05) is 7.11 Å². The van der Waals surface area contributed by atoms with Gasteiger partial charge in [0.15, 0.2) is 0 Å². The van der Waals surface area contributed by atoms with Gasteiger partial charge in [-0.25, -0.2) is 0 Å². The van der Waals surface area contributed by atoms with Crippen molar-refractivity contribution in [3.63, 3.8) is 0 Å². The summed E-state index contributed by atoms with van der Waals surface area (Å²) >= 11 is 6.04. The number of ether oxygens (including phenoxy) is 1. The highest BCUT2D eigenvalue weighted by molar-refractivity contribution is 6.87. The smallest absolute Gasteiger partial charge is 0.324 e. The number of carbonyl (C=O) groups excluding carboxylic acids is 1. The average Bonchev–Trinajstić information content (AvgIpc) is 3.27. The summed E-state index contributed by atoms with van der Waals surface area (Å²) in [6, 6.07) is 17.7. The molecule has 1 aliphatic rings. The van der Waals surface area contributed by atoms with Gasteiger partial charge in [-0.2, -0.15) is 0 Å². The highest BCUT2D eigenvalue weighted by Gasteiger charge is 2.64. The molecular formula is C20H21ClO2Si. The van der Waals surface area contributed by atoms with Crippen LogP contribution < -0.4 is 0 Å². The molecule has 0 radical (unpaired) electrons. The molecule has 0 aliphatic heterocycles. The fourth-order valence-electron chi connectivity index (χ4n) is 3.65. The monoisotopic (exact) mass is 356 g/mol. The summed E-state index contributed by atoms with van der Waals surface area (Å²) in [5, 5.41) is 1.94. The first-order valence-corrected chi connectivity index (χ1v) is 11.9. The minimum absolute atomic E-state index is 0.198. The fourth-order valence-corrected chi connectivity index (χ4v) is 6.29. The molecule has 0 unspecified atom stereocenters. The Labute approximate surface area is 149 Å². The average molecular weight is 357 g/mol. The lowest BCUT2D eigenvalue weighted by molar-refractivity contribution is -0.142. The predicted octanol–water partition coefficient (Wildman–Crippen LogP) is 5.10. The van der Waals surface area contributed by atoms with Crippen molar-refractivity contribution in [2.45, 2.75) is 25.1 Å². The molecule has 0 saturated heterocycles. The van der Waals surface area contributed by atoms with E-state index >= 15 is 0 Å². The van der Waals surface area contributed by atoms with Crippen molar-refractivity contribution in [2.24, 2.45) is 0 Å². The van der Waals surface area contributed by atoms with Crippen molar-refractivity contribution in [3.05, 3.63) is 75.9 Å². The van der Waals surface area contributed by atoms with Crippen molar-refractivity contribution >= 4 is 31.2 Å². The molecule has 0 amide bonds. The maximum absolute atomic E-state index is 12.9. The highest BCUT2D eigenvalue weighted by atomic mass is 35.5. The number of benzene rings is 2. The number of methoxy groups -OCH3 is 1. The molecule has 2 nitrogen and oxygen atoms in total. The van der Waals surface area contributed by atoms with Crippen LogP contribution >= 0.6 is 11.6 Å². The zero-order chi connectivity index (χ0) is 17.5. The SMILES string of the molecule is COC(=O)[C@]1(c2ccccc2)C(c2ccc(Cl)cc2)=C1[Si](C)(C)C. The Morgan fingerprint density at radius 3 is 2.08 bits per heavy atom. The van der Waals surface area contributed by atoms with E-state index in [-0.39, 0.29) is 5.97 Å². The van der Waals surface area contributed by atoms with Crippen LogP contribution in [0, 0.1) is 0 Å². The lowest BCUT2D eigenvalue weighted by atomic mass is 9.88. The Hall–Kier alpha value is -1.84. The van der Waals surface area contributed by atoms with E-state index in [4.69, 9.17) is 16.3 Å². The molecule has 1 atom stereocenters. The standard InChI is InChI=1S/C20H21ClO2Si/c1-23-19(22)20(15-8-6-5-7-9-15)17(18(20)24(2,3)4)14-10-12-16(21)13-11-14/h5-13H,1-4H3/t20-/m1/s1. The minimum Gasteiger partial charge on any atom is -0.468 e. The molecule has 124 valence electrons. The third-order valence-electron chi connectivity index (χ3n) is 4.52. The van der Waals surface area contributed by atoms with Crippen molar-refractivity contribution < 1.29 is 9.53 Å². The molecule has 2 aromatic rings. The molecule has 0 N–H and O–H groups in total. The Morgan fingerprint density at radius 1 is 1.00 bits per heavy atom. The molecule has 0 saturated carbocycles. The summed E-state index contributed by atoms with van der Waals surface area (Å²) in [5.41, 5.74) is 2.38. The first-order valence-electron chi connectivity index (χ1n) is 7.99. The molecule has 24 heavy (non-hydrogen) atoms. The predicted molar refractivity (Wildman–Crippen MR) is 102 cm³/mol. The third kappa shape index (κ3) is 2.52. The van der Waals surface area contributed by atoms with Gasteiger partial charge in [-0.3, -0.25) is 4.79 Å². The third-order valence-corrected chi connectivity index (χ3v) is 6.90. The number of rotatable bonds is 4. The van der Waals surface area contributed by atoms with Crippen LogP contribution in [0.2, 0.25) is 24.7 Å². The number of halogens is 1. The van der Waals surface area contributed by atoms with Gasteiger partial charge in [0.25, 0.3) is 0 Å². The zero-order valence-electron chi connectivity index (χ0n) is 14.4. The molecule has 4 heteroatoms. The van der Waals surface area contributed by atoms with Crippen LogP contribution in [0.1, 0.15) is 11.1 Å². The Morgan fingerprint density at radius 2 is 1.58 bits per heavy atom. The van der Waals surface area contributed by atoms with Crippen molar-refractivity contribution in [1.82, 2.24) is 0 Å². The molecule has 0 heterocycles. The van der Waals surface area contributed by atoms with E-state index in [1.165, 1.54) is 12.3 Å². The summed E-state index contributed by atoms with van der Waals surface area (Å²) in [5.74, 6) is -0.198. The van der Waals surface area contributed by atoms with Crippen LogP contribution in [-0.4, -0.2) is 21.2 Å². The molecular weight excluding hydrogens is 336 g/mol. The molecule has 0 spiro atoms. The maximum Gasteiger partial charge on any atom is 0.324 e. The molecule has 0 bridgehead atoms. The summed E-state index contributed by atoms with van der Waals surface area (Å²) in [6.45, 7) is 6.81. The van der Waals surface area contributed by atoms with E-state index in [2.05, 4.69) is 19.6 Å². The minimum atomic E-state index is -1.73. The first-order chi connectivity index (χ1) is 11.3. The van der Waals surface area contributed by atoms with Crippen LogP contribution in [0.25, 0.3) is 5.57 Å². The van der Waals surface area contributed by atoms with E-state index in [0.29, 0.717) is 5.02 Å². The quantitative estimate of drug-likeness (QED) is 0.563. The van der Waals surface area contributed by atoms with E-state index in [1.807, 2.05) is 54.6 Å². The van der Waals surface area contributed by atoms with Gasteiger partial charge in [0.2, 0.25) is 0 Å². The number of carbonyl (C=O) groups is 1. The van der Waals surface area contributed by atoms with E-state index in [0.717, 1.165) is 16.7 Å². The summed E-state index contributed by atoms with van der Waals surface area (Å²) in [7, 11) is -0.269. The lowest BCUT2D eigenvalue weighted by Crippen LogP contribution is -2.34. The Kier molecular flexibility index (Phi) is 4.18. The number of hydrogen-bond acceptors (Lipinski definition) is 2. The second-order valence-corrected chi connectivity index (χ2v) is 12.6. The normalized spacial score (nSPS) is 20.0. The van der Waals surface area contributed by atoms with Gasteiger partial charge in [-0.1, -0.05) is 78.9 Å². The van der Waals surface area contributed by atoms with E-state index in [9.17, 15) is 4.79 Å². The van der Waals surface area contributed by atoms with Gasteiger partial charge in [0.1, 0.15) is 5.41 Å². The lowest BCUT2D eigenvalue weighted by Gasteiger charge is -2.23. The van der Waals surface area contributed by atoms with Crippen LogP contribution in [0.5, 0.6) is 0 Å². The van der Waals surface area contributed by atoms with E-state index < -0.39 is 13.5 Å². The zero-order valence-corrected chi connectivity index (χ0v) is 16.1. The fraction of sp³-hybridized carbons (Fsp3) is 0.250. The first kappa shape index (κ1) is 17.0. The molecule has 2 aromatic carbocycles. The van der Waals surface area contributed by atoms with Crippen molar-refractivity contribution in [3.8, 4) is 0 Å². The molecule has 1 aliphatic carbocycles. The van der Waals surface area contributed by atoms with Gasteiger partial charge in [0.05, 0.1) is 15.2 Å². The summed E-state index contributed by atoms with van der Waals surface area (Å²) < 4.78 is 5.25. The van der Waals surface area contributed by atoms with Crippen LogP contribution in [0.3, 0.4) is 0 Å². The van der Waals surface area contributed by atoms with Crippen LogP contribution in [0.4, 0.5) is 0 Å². The summed E-state index contributed by atoms with van der Waals surface area (Å²) in [4.78, 5) is 12.9. The van der Waals surface area contributed by atoms with Crippen LogP contribution in [-0.2, 0) is 14.9 Å². The van der Waals surface area contributed by atoms with Gasteiger partial charge in [0, 0.05) is 5.02 Å². The van der Waals surface area contributed by atoms with Gasteiger partial charge < -0.3 is 4.74 Å². The molecule has 3 rings (SSSR count). The van der Waals surface area contributed by atoms with E-state index in [1.54, 1.807) is 0 Å². The van der Waals surface area contributed by atoms with Gasteiger partial charge >= 0.3 is 5.97 Å². The number of hydrogen-bond donors (Lipinski definition) is 0. The largest absolute Gasteiger partial charge is 0.468 e. The van der Waals surface area contributed by atoms with Gasteiger partial charge in [-0.05, 0) is 28.8 Å².